The van der Waals surface area contributed by atoms with E-state index >= 15 is 0 Å². The first-order chi connectivity index (χ1) is 8.16. The lowest BCUT2D eigenvalue weighted by Gasteiger charge is -2.27. The highest BCUT2D eigenvalue weighted by Gasteiger charge is 2.29. The normalized spacial score (nSPS) is 24.4. The third kappa shape index (κ3) is 3.21. The third-order valence-electron chi connectivity index (χ3n) is 2.74. The van der Waals surface area contributed by atoms with Gasteiger partial charge < -0.3 is 15.8 Å². The zero-order valence-corrected chi connectivity index (χ0v) is 10.3. The molecule has 0 aliphatic carbocycles. The van der Waals surface area contributed by atoms with Crippen LogP contribution in [0, 0.1) is 0 Å². The lowest BCUT2D eigenvalue weighted by atomic mass is 10.0. The first-order valence-corrected chi connectivity index (χ1v) is 6.08. The summed E-state index contributed by atoms with van der Waals surface area (Å²) in [6.07, 6.45) is 1.19. The van der Waals surface area contributed by atoms with Crippen LogP contribution in [0.4, 0.5) is 5.69 Å². The highest BCUT2D eigenvalue weighted by molar-refractivity contribution is 7.80. The summed E-state index contributed by atoms with van der Waals surface area (Å²) in [5.74, 6) is -0.184. The van der Waals surface area contributed by atoms with Crippen molar-refractivity contribution in [3.8, 4) is 0 Å². The number of hydrogen-bond donors (Lipinski definition) is 3. The number of anilines is 1. The van der Waals surface area contributed by atoms with E-state index in [1.165, 1.54) is 0 Å². The number of thiol groups is 1. The predicted octanol–water partition coefficient (Wildman–Crippen LogP) is 1.42. The van der Waals surface area contributed by atoms with E-state index in [1.54, 1.807) is 6.07 Å². The van der Waals surface area contributed by atoms with E-state index in [4.69, 9.17) is 10.5 Å². The fraction of sp³-hybridized carbons (Fsp3) is 0.417. The molecule has 1 aliphatic rings. The van der Waals surface area contributed by atoms with Crippen LogP contribution in [0.1, 0.15) is 12.8 Å². The molecule has 1 aliphatic heterocycles. The van der Waals surface area contributed by atoms with Gasteiger partial charge >= 0.3 is 0 Å². The molecule has 3 N–H and O–H groups in total. The minimum Gasteiger partial charge on any atom is -0.367 e. The van der Waals surface area contributed by atoms with Crippen LogP contribution < -0.4 is 11.1 Å². The maximum Gasteiger partial charge on any atom is 0.255 e. The molecule has 92 valence electrons. The molecular formula is C12H16N2O2S. The second-order valence-corrected chi connectivity index (χ2v) is 4.65. The van der Waals surface area contributed by atoms with Crippen molar-refractivity contribution in [3.63, 3.8) is 0 Å². The Bertz CT molecular complexity index is 411. The van der Waals surface area contributed by atoms with Gasteiger partial charge in [0.1, 0.15) is 0 Å². The van der Waals surface area contributed by atoms with Crippen LogP contribution in [-0.4, -0.2) is 24.7 Å². The Morgan fingerprint density at radius 2 is 2.35 bits per heavy atom. The Morgan fingerprint density at radius 1 is 1.53 bits per heavy atom. The quantitative estimate of drug-likeness (QED) is 0.697. The van der Waals surface area contributed by atoms with Crippen molar-refractivity contribution in [3.05, 3.63) is 24.3 Å². The largest absolute Gasteiger partial charge is 0.367 e. The number of carbonyl (C=O) groups excluding carboxylic acids is 1. The first-order valence-electron chi connectivity index (χ1n) is 5.64. The Morgan fingerprint density at radius 3 is 3.06 bits per heavy atom. The van der Waals surface area contributed by atoms with Crippen LogP contribution in [0.15, 0.2) is 29.2 Å². The van der Waals surface area contributed by atoms with Gasteiger partial charge in [0.25, 0.3) is 5.91 Å². The van der Waals surface area contributed by atoms with E-state index in [0.29, 0.717) is 12.3 Å². The molecule has 0 aromatic heterocycles. The minimum absolute atomic E-state index is 0.184. The number of rotatable bonds is 2. The molecule has 4 nitrogen and oxygen atoms in total. The van der Waals surface area contributed by atoms with Crippen molar-refractivity contribution in [1.82, 2.24) is 0 Å². The van der Waals surface area contributed by atoms with Crippen LogP contribution in [0.25, 0.3) is 0 Å². The number of ether oxygens (including phenoxy) is 1. The summed E-state index contributed by atoms with van der Waals surface area (Å²) in [6.45, 7) is 0.596. The summed E-state index contributed by atoms with van der Waals surface area (Å²) in [5.41, 5.74) is 6.57. The number of benzene rings is 1. The van der Waals surface area contributed by atoms with Crippen LogP contribution in [0.5, 0.6) is 0 Å². The predicted molar refractivity (Wildman–Crippen MR) is 69.3 cm³/mol. The Kier molecular flexibility index (Phi) is 4.04. The summed E-state index contributed by atoms with van der Waals surface area (Å²) in [7, 11) is 0. The highest BCUT2D eigenvalue weighted by atomic mass is 32.1. The first kappa shape index (κ1) is 12.4. The van der Waals surface area contributed by atoms with Crippen molar-refractivity contribution < 1.29 is 9.53 Å². The number of nitrogens with one attached hydrogen (secondary N) is 1. The van der Waals surface area contributed by atoms with Gasteiger partial charge in [0, 0.05) is 23.2 Å². The third-order valence-corrected chi connectivity index (χ3v) is 3.02. The van der Waals surface area contributed by atoms with Crippen LogP contribution >= 0.6 is 12.6 Å². The summed E-state index contributed by atoms with van der Waals surface area (Å²) < 4.78 is 5.40. The number of hydrogen-bond acceptors (Lipinski definition) is 4. The molecule has 1 fully saturated rings. The maximum atomic E-state index is 11.9. The van der Waals surface area contributed by atoms with Crippen LogP contribution in [-0.2, 0) is 9.53 Å². The van der Waals surface area contributed by atoms with Gasteiger partial charge in [-0.15, -0.1) is 12.6 Å². The molecule has 2 atom stereocenters. The van der Waals surface area contributed by atoms with E-state index in [9.17, 15) is 4.79 Å². The van der Waals surface area contributed by atoms with Gasteiger partial charge in [-0.1, -0.05) is 6.07 Å². The van der Waals surface area contributed by atoms with Gasteiger partial charge in [-0.05, 0) is 31.0 Å². The summed E-state index contributed by atoms with van der Waals surface area (Å²) in [6, 6.07) is 7.06. The molecule has 0 unspecified atom stereocenters. The topological polar surface area (TPSA) is 64.3 Å². The Hall–Kier alpha value is -1.04. The van der Waals surface area contributed by atoms with Crippen molar-refractivity contribution in [2.24, 2.45) is 5.73 Å². The molecule has 1 aromatic rings. The second-order valence-electron chi connectivity index (χ2n) is 4.14. The second kappa shape index (κ2) is 5.53. The lowest BCUT2D eigenvalue weighted by Crippen LogP contribution is -2.48. The maximum absolute atomic E-state index is 11.9. The fourth-order valence-corrected chi connectivity index (χ4v) is 2.10. The molecule has 17 heavy (non-hydrogen) atoms. The molecule has 0 radical (unpaired) electrons. The smallest absolute Gasteiger partial charge is 0.255 e. The Labute approximate surface area is 106 Å². The zero-order chi connectivity index (χ0) is 12.3. The summed E-state index contributed by atoms with van der Waals surface area (Å²) in [4.78, 5) is 12.8. The van der Waals surface area contributed by atoms with Gasteiger partial charge in [0.2, 0.25) is 0 Å². The van der Waals surface area contributed by atoms with E-state index < -0.39 is 6.10 Å². The van der Waals surface area contributed by atoms with E-state index in [-0.39, 0.29) is 11.9 Å². The highest BCUT2D eigenvalue weighted by Crippen LogP contribution is 2.17. The molecule has 5 heteroatoms. The Balaban J connectivity index is 2.01. The fourth-order valence-electron chi connectivity index (χ4n) is 1.87. The summed E-state index contributed by atoms with van der Waals surface area (Å²) in [5, 5.41) is 2.79. The zero-order valence-electron chi connectivity index (χ0n) is 9.43. The van der Waals surface area contributed by atoms with Gasteiger partial charge in [0.05, 0.1) is 0 Å². The van der Waals surface area contributed by atoms with E-state index in [0.717, 1.165) is 17.7 Å². The van der Waals surface area contributed by atoms with Crippen molar-refractivity contribution in [2.45, 2.75) is 29.9 Å². The van der Waals surface area contributed by atoms with Gasteiger partial charge in [0.15, 0.2) is 6.10 Å². The van der Waals surface area contributed by atoms with Crippen molar-refractivity contribution in [1.29, 1.82) is 0 Å². The molecule has 1 heterocycles. The lowest BCUT2D eigenvalue weighted by molar-refractivity contribution is -0.131. The molecule has 0 spiro atoms. The average Bonchev–Trinajstić information content (AvgIpc) is 2.29. The van der Waals surface area contributed by atoms with Crippen molar-refractivity contribution in [2.75, 3.05) is 11.9 Å². The number of nitrogens with two attached hydrogens (primary N) is 1. The van der Waals surface area contributed by atoms with Gasteiger partial charge in [-0.2, -0.15) is 0 Å². The van der Waals surface area contributed by atoms with Gasteiger partial charge in [-0.25, -0.2) is 0 Å². The standard InChI is InChI=1S/C12H16N2O2S/c13-10-5-2-6-16-11(10)12(15)14-8-3-1-4-9(17)7-8/h1,3-4,7,10-11,17H,2,5-6,13H2,(H,14,15)/t10-,11+/m1/s1. The molecule has 1 aromatic carbocycles. The van der Waals surface area contributed by atoms with Crippen LogP contribution in [0.3, 0.4) is 0 Å². The van der Waals surface area contributed by atoms with Gasteiger partial charge in [-0.3, -0.25) is 4.79 Å². The molecular weight excluding hydrogens is 236 g/mol. The molecule has 2 rings (SSSR count). The van der Waals surface area contributed by atoms with E-state index in [1.807, 2.05) is 18.2 Å². The minimum atomic E-state index is -0.549. The average molecular weight is 252 g/mol. The van der Waals surface area contributed by atoms with E-state index in [2.05, 4.69) is 17.9 Å². The van der Waals surface area contributed by atoms with Crippen LogP contribution in [0.2, 0.25) is 0 Å². The molecule has 1 amide bonds. The van der Waals surface area contributed by atoms with Crippen molar-refractivity contribution >= 4 is 24.2 Å². The number of amides is 1. The molecule has 0 bridgehead atoms. The SMILES string of the molecule is N[C@@H]1CCCO[C@@H]1C(=O)Nc1cccc(S)c1. The molecule has 1 saturated heterocycles. The summed E-state index contributed by atoms with van der Waals surface area (Å²) >= 11 is 4.21. The monoisotopic (exact) mass is 252 g/mol. The number of carbonyl (C=O) groups is 1. The molecule has 0 saturated carbocycles.